The number of fused-ring (bicyclic) bond motifs is 2. The third-order valence-corrected chi connectivity index (χ3v) is 4.74. The first-order chi connectivity index (χ1) is 12.0. The highest BCUT2D eigenvalue weighted by Crippen LogP contribution is 2.32. The van der Waals surface area contributed by atoms with E-state index >= 15 is 0 Å². The molecule has 0 radical (unpaired) electrons. The molecule has 0 spiro atoms. The number of carbonyl (C=O) groups excluding carboxylic acids is 2. The average molecular weight is 345 g/mol. The molecule has 2 aliphatic heterocycles. The van der Waals surface area contributed by atoms with Gasteiger partial charge >= 0.3 is 6.03 Å². The SMILES string of the molecule is CC(C)NC(=O)[C@H]1C[C@H]2CN(C(=O)NCCc3ccccc3)C[C@@H]1O2. The Labute approximate surface area is 148 Å². The number of amides is 3. The van der Waals surface area contributed by atoms with Crippen LogP contribution in [-0.2, 0) is 16.0 Å². The number of ether oxygens (including phenoxy) is 1. The summed E-state index contributed by atoms with van der Waals surface area (Å²) in [4.78, 5) is 26.5. The molecule has 2 saturated heterocycles. The smallest absolute Gasteiger partial charge is 0.317 e. The number of rotatable bonds is 5. The van der Waals surface area contributed by atoms with Crippen molar-refractivity contribution in [1.29, 1.82) is 0 Å². The van der Waals surface area contributed by atoms with Gasteiger partial charge in [0.1, 0.15) is 0 Å². The van der Waals surface area contributed by atoms with Gasteiger partial charge in [-0.25, -0.2) is 4.79 Å². The number of likely N-dealkylation sites (tertiary alicyclic amines) is 1. The highest BCUT2D eigenvalue weighted by molar-refractivity contribution is 5.80. The van der Waals surface area contributed by atoms with Crippen molar-refractivity contribution in [2.45, 2.75) is 44.9 Å². The van der Waals surface area contributed by atoms with Gasteiger partial charge in [0.2, 0.25) is 5.91 Å². The first kappa shape index (κ1) is 17.7. The Hall–Kier alpha value is -2.08. The highest BCUT2D eigenvalue weighted by Gasteiger charge is 2.45. The van der Waals surface area contributed by atoms with Crippen LogP contribution in [0.25, 0.3) is 0 Å². The summed E-state index contributed by atoms with van der Waals surface area (Å²) in [6, 6.07) is 10.1. The van der Waals surface area contributed by atoms with Crippen LogP contribution in [-0.4, -0.2) is 54.7 Å². The molecule has 6 nitrogen and oxygen atoms in total. The first-order valence-electron chi connectivity index (χ1n) is 9.05. The highest BCUT2D eigenvalue weighted by atomic mass is 16.5. The zero-order valence-electron chi connectivity index (χ0n) is 14.9. The molecule has 1 aromatic rings. The van der Waals surface area contributed by atoms with Crippen LogP contribution in [0, 0.1) is 5.92 Å². The number of morpholine rings is 1. The van der Waals surface area contributed by atoms with Gasteiger partial charge in [-0.2, -0.15) is 0 Å². The number of carbonyl (C=O) groups is 2. The fourth-order valence-corrected chi connectivity index (χ4v) is 3.56. The van der Waals surface area contributed by atoms with E-state index < -0.39 is 0 Å². The normalized spacial score (nSPS) is 25.1. The maximum absolute atomic E-state index is 12.4. The fraction of sp³-hybridized carbons (Fsp3) is 0.579. The summed E-state index contributed by atoms with van der Waals surface area (Å²) in [5.74, 6) is -0.122. The van der Waals surface area contributed by atoms with Crippen LogP contribution in [0.5, 0.6) is 0 Å². The van der Waals surface area contributed by atoms with Crippen molar-refractivity contribution in [3.8, 4) is 0 Å². The Morgan fingerprint density at radius 3 is 2.72 bits per heavy atom. The van der Waals surface area contributed by atoms with Crippen LogP contribution >= 0.6 is 0 Å². The molecule has 6 heteroatoms. The first-order valence-corrected chi connectivity index (χ1v) is 9.05. The van der Waals surface area contributed by atoms with E-state index in [9.17, 15) is 9.59 Å². The Morgan fingerprint density at radius 2 is 2.00 bits per heavy atom. The van der Waals surface area contributed by atoms with Gasteiger partial charge in [-0.3, -0.25) is 4.79 Å². The molecule has 0 unspecified atom stereocenters. The molecule has 3 atom stereocenters. The van der Waals surface area contributed by atoms with Gasteiger partial charge < -0.3 is 20.3 Å². The molecule has 3 rings (SSSR count). The molecule has 0 aromatic heterocycles. The van der Waals surface area contributed by atoms with E-state index in [1.165, 1.54) is 5.56 Å². The monoisotopic (exact) mass is 345 g/mol. The van der Waals surface area contributed by atoms with Gasteiger partial charge in [-0.05, 0) is 32.3 Å². The third-order valence-electron chi connectivity index (χ3n) is 4.74. The number of hydrogen-bond acceptors (Lipinski definition) is 3. The summed E-state index contributed by atoms with van der Waals surface area (Å²) in [7, 11) is 0. The molecule has 3 amide bonds. The summed E-state index contributed by atoms with van der Waals surface area (Å²) in [6.07, 6.45) is 1.26. The standard InChI is InChI=1S/C19H27N3O3/c1-13(2)21-18(23)16-10-15-11-22(12-17(16)25-15)19(24)20-9-8-14-6-4-3-5-7-14/h3-7,13,15-17H,8-12H2,1-2H3,(H,20,24)(H,21,23)/t15-,16-,17-/m0/s1. The van der Waals surface area contributed by atoms with Crippen LogP contribution in [0.4, 0.5) is 4.79 Å². The second-order valence-electron chi connectivity index (χ2n) is 7.17. The van der Waals surface area contributed by atoms with E-state index in [0.717, 1.165) is 6.42 Å². The fourth-order valence-electron chi connectivity index (χ4n) is 3.56. The van der Waals surface area contributed by atoms with Crippen LogP contribution in [0.15, 0.2) is 30.3 Å². The molecule has 2 N–H and O–H groups in total. The molecule has 2 bridgehead atoms. The lowest BCUT2D eigenvalue weighted by Crippen LogP contribution is -2.51. The molecule has 2 aliphatic rings. The van der Waals surface area contributed by atoms with Crippen molar-refractivity contribution >= 4 is 11.9 Å². The summed E-state index contributed by atoms with van der Waals surface area (Å²) in [6.45, 7) is 5.54. The van der Waals surface area contributed by atoms with E-state index in [1.807, 2.05) is 32.0 Å². The predicted octanol–water partition coefficient (Wildman–Crippen LogP) is 1.55. The number of hydrogen-bond donors (Lipinski definition) is 2. The average Bonchev–Trinajstić information content (AvgIpc) is 2.89. The van der Waals surface area contributed by atoms with Gasteiger partial charge in [0.15, 0.2) is 0 Å². The number of benzene rings is 1. The zero-order chi connectivity index (χ0) is 17.8. The number of nitrogens with one attached hydrogen (secondary N) is 2. The summed E-state index contributed by atoms with van der Waals surface area (Å²) < 4.78 is 5.88. The molecular formula is C19H27N3O3. The molecule has 0 aliphatic carbocycles. The Balaban J connectivity index is 1.48. The van der Waals surface area contributed by atoms with E-state index in [4.69, 9.17) is 4.74 Å². The van der Waals surface area contributed by atoms with Gasteiger partial charge in [-0.15, -0.1) is 0 Å². The topological polar surface area (TPSA) is 70.7 Å². The Bertz CT molecular complexity index is 605. The molecule has 25 heavy (non-hydrogen) atoms. The number of nitrogens with zero attached hydrogens (tertiary/aromatic N) is 1. The zero-order valence-corrected chi connectivity index (χ0v) is 14.9. The van der Waals surface area contributed by atoms with Gasteiger partial charge in [0.25, 0.3) is 0 Å². The maximum atomic E-state index is 12.4. The predicted molar refractivity (Wildman–Crippen MR) is 95.2 cm³/mol. The Morgan fingerprint density at radius 1 is 1.24 bits per heavy atom. The van der Waals surface area contributed by atoms with E-state index in [2.05, 4.69) is 22.8 Å². The quantitative estimate of drug-likeness (QED) is 0.851. The van der Waals surface area contributed by atoms with Crippen molar-refractivity contribution in [1.82, 2.24) is 15.5 Å². The second kappa shape index (κ2) is 7.87. The van der Waals surface area contributed by atoms with Crippen molar-refractivity contribution in [2.24, 2.45) is 5.92 Å². The summed E-state index contributed by atoms with van der Waals surface area (Å²) in [5, 5.41) is 5.93. The van der Waals surface area contributed by atoms with E-state index in [0.29, 0.717) is 26.1 Å². The van der Waals surface area contributed by atoms with E-state index in [-0.39, 0.29) is 36.1 Å². The van der Waals surface area contributed by atoms with Gasteiger partial charge in [0, 0.05) is 25.7 Å². The van der Waals surface area contributed by atoms with Crippen LogP contribution in [0.3, 0.4) is 0 Å². The minimum Gasteiger partial charge on any atom is -0.370 e. The number of urea groups is 1. The van der Waals surface area contributed by atoms with Crippen molar-refractivity contribution in [3.63, 3.8) is 0 Å². The van der Waals surface area contributed by atoms with Crippen molar-refractivity contribution in [2.75, 3.05) is 19.6 Å². The summed E-state index contributed by atoms with van der Waals surface area (Å²) >= 11 is 0. The van der Waals surface area contributed by atoms with Crippen LogP contribution < -0.4 is 10.6 Å². The largest absolute Gasteiger partial charge is 0.370 e. The Kier molecular flexibility index (Phi) is 5.58. The van der Waals surface area contributed by atoms with Gasteiger partial charge in [-0.1, -0.05) is 30.3 Å². The lowest BCUT2D eigenvalue weighted by molar-refractivity contribution is -0.128. The van der Waals surface area contributed by atoms with Crippen molar-refractivity contribution in [3.05, 3.63) is 35.9 Å². The molecule has 136 valence electrons. The molecule has 1 aromatic carbocycles. The second-order valence-corrected chi connectivity index (χ2v) is 7.17. The maximum Gasteiger partial charge on any atom is 0.317 e. The molecular weight excluding hydrogens is 318 g/mol. The van der Waals surface area contributed by atoms with Crippen LogP contribution in [0.1, 0.15) is 25.8 Å². The van der Waals surface area contributed by atoms with E-state index in [1.54, 1.807) is 4.90 Å². The lowest BCUT2D eigenvalue weighted by Gasteiger charge is -2.32. The molecule has 2 heterocycles. The van der Waals surface area contributed by atoms with Crippen LogP contribution in [0.2, 0.25) is 0 Å². The molecule has 2 fully saturated rings. The third kappa shape index (κ3) is 4.51. The summed E-state index contributed by atoms with van der Waals surface area (Å²) in [5.41, 5.74) is 1.20. The molecule has 0 saturated carbocycles. The minimum atomic E-state index is -0.197. The van der Waals surface area contributed by atoms with Crippen molar-refractivity contribution < 1.29 is 14.3 Å². The van der Waals surface area contributed by atoms with Gasteiger partial charge in [0.05, 0.1) is 18.1 Å². The lowest BCUT2D eigenvalue weighted by atomic mass is 9.99. The minimum absolute atomic E-state index is 0.0360.